The van der Waals surface area contributed by atoms with Gasteiger partial charge in [-0.25, -0.2) is 12.7 Å². The average molecular weight is 390 g/mol. The van der Waals surface area contributed by atoms with Crippen LogP contribution in [0.4, 0.5) is 5.69 Å². The Labute approximate surface area is 161 Å². The molecule has 0 unspecified atom stereocenters. The molecule has 6 nitrogen and oxygen atoms in total. The summed E-state index contributed by atoms with van der Waals surface area (Å²) in [5.41, 5.74) is 2.71. The summed E-state index contributed by atoms with van der Waals surface area (Å²) in [7, 11) is 3.38. The summed E-state index contributed by atoms with van der Waals surface area (Å²) in [5.74, 6) is -0.270. The second kappa shape index (κ2) is 9.01. The Morgan fingerprint density at radius 2 is 1.67 bits per heavy atom. The molecular weight excluding hydrogens is 362 g/mol. The first-order chi connectivity index (χ1) is 12.7. The molecule has 0 heterocycles. The summed E-state index contributed by atoms with van der Waals surface area (Å²) in [6.07, 6.45) is 1.67. The molecule has 2 aromatic rings. The number of carbonyl (C=O) groups excluding carboxylic acids is 1. The second-order valence-electron chi connectivity index (χ2n) is 6.74. The monoisotopic (exact) mass is 389 g/mol. The van der Waals surface area contributed by atoms with Gasteiger partial charge >= 0.3 is 0 Å². The summed E-state index contributed by atoms with van der Waals surface area (Å²) >= 11 is 0. The summed E-state index contributed by atoms with van der Waals surface area (Å²) in [4.78, 5) is 14.5. The van der Waals surface area contributed by atoms with Crippen molar-refractivity contribution in [2.75, 3.05) is 39.6 Å². The van der Waals surface area contributed by atoms with Crippen LogP contribution in [-0.4, -0.2) is 53.4 Å². The molecule has 0 aliphatic carbocycles. The topological polar surface area (TPSA) is 69.7 Å². The third kappa shape index (κ3) is 5.55. The average Bonchev–Trinajstić information content (AvgIpc) is 2.65. The molecule has 0 aliphatic heterocycles. The predicted octanol–water partition coefficient (Wildman–Crippen LogP) is 2.37. The van der Waals surface area contributed by atoms with E-state index in [9.17, 15) is 13.2 Å². The Balaban J connectivity index is 1.89. The highest BCUT2D eigenvalue weighted by atomic mass is 32.2. The van der Waals surface area contributed by atoms with Crippen LogP contribution in [0.2, 0.25) is 0 Å². The van der Waals surface area contributed by atoms with Gasteiger partial charge in [0.2, 0.25) is 10.0 Å². The van der Waals surface area contributed by atoms with Crippen LogP contribution in [0.3, 0.4) is 0 Å². The normalized spacial score (nSPS) is 11.4. The number of hydrogen-bond acceptors (Lipinski definition) is 4. The maximum absolute atomic E-state index is 12.3. The maximum Gasteiger partial charge on any atom is 0.251 e. The lowest BCUT2D eigenvalue weighted by molar-refractivity contribution is 0.0953. The van der Waals surface area contributed by atoms with Crippen LogP contribution in [0.15, 0.2) is 53.4 Å². The first-order valence-corrected chi connectivity index (χ1v) is 10.2. The largest absolute Gasteiger partial charge is 0.378 e. The zero-order chi connectivity index (χ0) is 20.0. The SMILES string of the molecule is CN(C)c1ccc(CCCNC(=O)c2cccc(S(=O)(=O)N(C)C)c2)cc1. The molecule has 2 aromatic carbocycles. The lowest BCUT2D eigenvalue weighted by Crippen LogP contribution is -2.26. The van der Waals surface area contributed by atoms with Crippen molar-refractivity contribution in [1.29, 1.82) is 0 Å². The van der Waals surface area contributed by atoms with Crippen LogP contribution in [0.5, 0.6) is 0 Å². The minimum atomic E-state index is -3.55. The molecule has 1 amide bonds. The van der Waals surface area contributed by atoms with Crippen molar-refractivity contribution in [1.82, 2.24) is 9.62 Å². The summed E-state index contributed by atoms with van der Waals surface area (Å²) in [6, 6.07) is 14.4. The molecule has 1 N–H and O–H groups in total. The van der Waals surface area contributed by atoms with E-state index in [1.807, 2.05) is 14.1 Å². The summed E-state index contributed by atoms with van der Waals surface area (Å²) in [6.45, 7) is 0.527. The number of aryl methyl sites for hydroxylation is 1. The van der Waals surface area contributed by atoms with Gasteiger partial charge in [-0.2, -0.15) is 0 Å². The first-order valence-electron chi connectivity index (χ1n) is 8.79. The van der Waals surface area contributed by atoms with Gasteiger partial charge in [0.05, 0.1) is 4.90 Å². The molecule has 0 saturated carbocycles. The third-order valence-electron chi connectivity index (χ3n) is 4.26. The third-order valence-corrected chi connectivity index (χ3v) is 6.07. The van der Waals surface area contributed by atoms with Crippen LogP contribution < -0.4 is 10.2 Å². The van der Waals surface area contributed by atoms with Gasteiger partial charge in [-0.15, -0.1) is 0 Å². The highest BCUT2D eigenvalue weighted by molar-refractivity contribution is 7.89. The Bertz CT molecular complexity index is 876. The predicted molar refractivity (Wildman–Crippen MR) is 109 cm³/mol. The molecule has 0 bridgehead atoms. The molecule has 0 saturated heterocycles. The molecule has 146 valence electrons. The summed E-state index contributed by atoms with van der Waals surface area (Å²) in [5, 5.41) is 2.85. The zero-order valence-electron chi connectivity index (χ0n) is 16.3. The van der Waals surface area contributed by atoms with E-state index < -0.39 is 10.0 Å². The lowest BCUT2D eigenvalue weighted by atomic mass is 10.1. The quantitative estimate of drug-likeness (QED) is 0.704. The van der Waals surface area contributed by atoms with Crippen LogP contribution in [-0.2, 0) is 16.4 Å². The van der Waals surface area contributed by atoms with Crippen molar-refractivity contribution in [2.45, 2.75) is 17.7 Å². The second-order valence-corrected chi connectivity index (χ2v) is 8.89. The molecule has 0 spiro atoms. The van der Waals surface area contributed by atoms with E-state index in [1.165, 1.54) is 31.8 Å². The molecule has 2 rings (SSSR count). The van der Waals surface area contributed by atoms with Crippen LogP contribution in [0, 0.1) is 0 Å². The van der Waals surface area contributed by atoms with Gasteiger partial charge in [0.15, 0.2) is 0 Å². The van der Waals surface area contributed by atoms with Gasteiger partial charge in [-0.3, -0.25) is 4.79 Å². The van der Waals surface area contributed by atoms with Gasteiger partial charge in [0, 0.05) is 46.0 Å². The van der Waals surface area contributed by atoms with E-state index in [2.05, 4.69) is 34.5 Å². The number of nitrogens with one attached hydrogen (secondary N) is 1. The number of amides is 1. The van der Waals surface area contributed by atoms with Crippen LogP contribution in [0.1, 0.15) is 22.3 Å². The highest BCUT2D eigenvalue weighted by Crippen LogP contribution is 2.15. The minimum Gasteiger partial charge on any atom is -0.378 e. The molecule has 0 aromatic heterocycles. The van der Waals surface area contributed by atoms with Gasteiger partial charge < -0.3 is 10.2 Å². The van der Waals surface area contributed by atoms with E-state index in [1.54, 1.807) is 12.1 Å². The van der Waals surface area contributed by atoms with Gasteiger partial charge in [0.25, 0.3) is 5.91 Å². The Kier molecular flexibility index (Phi) is 6.98. The smallest absolute Gasteiger partial charge is 0.251 e. The number of nitrogens with zero attached hydrogens (tertiary/aromatic N) is 2. The number of hydrogen-bond donors (Lipinski definition) is 1. The number of sulfonamides is 1. The number of anilines is 1. The molecule has 0 fully saturated rings. The number of carbonyl (C=O) groups is 1. The Morgan fingerprint density at radius 1 is 1.00 bits per heavy atom. The molecule has 0 aliphatic rings. The fourth-order valence-corrected chi connectivity index (χ4v) is 3.51. The molecular formula is C20H27N3O3S. The van der Waals surface area contributed by atoms with Crippen molar-refractivity contribution >= 4 is 21.6 Å². The van der Waals surface area contributed by atoms with Gasteiger partial charge in [-0.1, -0.05) is 18.2 Å². The fraction of sp³-hybridized carbons (Fsp3) is 0.350. The Hall–Kier alpha value is -2.38. The minimum absolute atomic E-state index is 0.112. The van der Waals surface area contributed by atoms with E-state index in [0.29, 0.717) is 12.1 Å². The van der Waals surface area contributed by atoms with Gasteiger partial charge in [0.1, 0.15) is 0 Å². The standard InChI is InChI=1S/C20H27N3O3S/c1-22(2)18-12-10-16(11-13-18)7-6-14-21-20(24)17-8-5-9-19(15-17)27(25,26)23(3)4/h5,8-13,15H,6-7,14H2,1-4H3,(H,21,24). The first kappa shape index (κ1) is 20.9. The highest BCUT2D eigenvalue weighted by Gasteiger charge is 2.18. The van der Waals surface area contributed by atoms with Crippen molar-refractivity contribution in [3.05, 3.63) is 59.7 Å². The van der Waals surface area contributed by atoms with E-state index in [0.717, 1.165) is 22.8 Å². The Morgan fingerprint density at radius 3 is 2.26 bits per heavy atom. The van der Waals surface area contributed by atoms with E-state index in [4.69, 9.17) is 0 Å². The van der Waals surface area contributed by atoms with Crippen LogP contribution in [0.25, 0.3) is 0 Å². The van der Waals surface area contributed by atoms with Crippen LogP contribution >= 0.6 is 0 Å². The zero-order valence-corrected chi connectivity index (χ0v) is 17.1. The lowest BCUT2D eigenvalue weighted by Gasteiger charge is -2.13. The van der Waals surface area contributed by atoms with Crippen molar-refractivity contribution in [3.63, 3.8) is 0 Å². The van der Waals surface area contributed by atoms with Crippen molar-refractivity contribution < 1.29 is 13.2 Å². The van der Waals surface area contributed by atoms with Crippen molar-refractivity contribution in [3.8, 4) is 0 Å². The number of rotatable bonds is 8. The summed E-state index contributed by atoms with van der Waals surface area (Å²) < 4.78 is 25.5. The van der Waals surface area contributed by atoms with E-state index >= 15 is 0 Å². The fourth-order valence-electron chi connectivity index (χ4n) is 2.57. The molecule has 0 radical (unpaired) electrons. The van der Waals surface area contributed by atoms with Gasteiger partial charge in [-0.05, 0) is 48.7 Å². The molecule has 27 heavy (non-hydrogen) atoms. The number of benzene rings is 2. The maximum atomic E-state index is 12.3. The van der Waals surface area contributed by atoms with E-state index in [-0.39, 0.29) is 10.8 Å². The molecule has 7 heteroatoms. The molecule has 0 atom stereocenters. The van der Waals surface area contributed by atoms with Crippen molar-refractivity contribution in [2.24, 2.45) is 0 Å².